The van der Waals surface area contributed by atoms with Crippen LogP contribution in [0.2, 0.25) is 10.0 Å². The second kappa shape index (κ2) is 4.68. The normalized spacial score (nSPS) is 11.4. The highest BCUT2D eigenvalue weighted by atomic mass is 35.5. The average Bonchev–Trinajstić information content (AvgIpc) is 2.77. The molecule has 1 aromatic heterocycles. The van der Waals surface area contributed by atoms with E-state index in [0.29, 0.717) is 0 Å². The second-order valence-corrected chi connectivity index (χ2v) is 5.75. The van der Waals surface area contributed by atoms with Crippen LogP contribution >= 0.6 is 23.2 Å². The zero-order valence-electron chi connectivity index (χ0n) is 8.81. The van der Waals surface area contributed by atoms with Gasteiger partial charge in [0.25, 0.3) is 10.0 Å². The molecule has 9 heteroatoms. The maximum Gasteiger partial charge on any atom is 0.265 e. The van der Waals surface area contributed by atoms with Crippen LogP contribution in [0.1, 0.15) is 0 Å². The lowest BCUT2D eigenvalue weighted by Crippen LogP contribution is -2.15. The largest absolute Gasteiger partial charge is 0.396 e. The lowest BCUT2D eigenvalue weighted by atomic mass is 10.3. The number of H-pyrrole nitrogens is 1. The summed E-state index contributed by atoms with van der Waals surface area (Å²) in [6.07, 6.45) is 2.89. The van der Waals surface area contributed by atoms with Crippen molar-refractivity contribution in [2.45, 2.75) is 4.90 Å². The molecule has 96 valence electrons. The van der Waals surface area contributed by atoms with Crippen molar-refractivity contribution >= 4 is 44.9 Å². The van der Waals surface area contributed by atoms with Gasteiger partial charge in [-0.25, -0.2) is 18.1 Å². The van der Waals surface area contributed by atoms with Crippen molar-refractivity contribution in [2.24, 2.45) is 0 Å². The molecule has 0 radical (unpaired) electrons. The Hall–Kier alpha value is -1.44. The van der Waals surface area contributed by atoms with Crippen molar-refractivity contribution < 1.29 is 8.42 Å². The number of aromatic amines is 1. The molecule has 4 N–H and O–H groups in total. The van der Waals surface area contributed by atoms with E-state index in [4.69, 9.17) is 28.9 Å². The smallest absolute Gasteiger partial charge is 0.265 e. The first kappa shape index (κ1) is 13.0. The first-order chi connectivity index (χ1) is 8.42. The van der Waals surface area contributed by atoms with E-state index < -0.39 is 10.0 Å². The molecule has 0 amide bonds. The molecule has 0 aliphatic carbocycles. The minimum atomic E-state index is -3.87. The van der Waals surface area contributed by atoms with Gasteiger partial charge in [0, 0.05) is 12.4 Å². The number of sulfonamides is 1. The van der Waals surface area contributed by atoms with Gasteiger partial charge in [-0.1, -0.05) is 23.2 Å². The second-order valence-electron chi connectivity index (χ2n) is 3.32. The van der Waals surface area contributed by atoms with Gasteiger partial charge < -0.3 is 10.7 Å². The van der Waals surface area contributed by atoms with Crippen molar-refractivity contribution in [3.05, 3.63) is 34.6 Å². The van der Waals surface area contributed by atoms with Gasteiger partial charge in [-0.15, -0.1) is 0 Å². The highest BCUT2D eigenvalue weighted by Crippen LogP contribution is 2.33. The summed E-state index contributed by atoms with van der Waals surface area (Å²) < 4.78 is 26.3. The highest BCUT2D eigenvalue weighted by molar-refractivity contribution is 7.92. The number of nitrogen functional groups attached to an aromatic ring is 1. The van der Waals surface area contributed by atoms with Gasteiger partial charge in [-0.3, -0.25) is 0 Å². The fourth-order valence-corrected chi connectivity index (χ4v) is 3.00. The molecule has 0 unspecified atom stereocenters. The fraction of sp³-hybridized carbons (Fsp3) is 0. The Morgan fingerprint density at radius 3 is 2.67 bits per heavy atom. The van der Waals surface area contributed by atoms with Crippen LogP contribution in [0.3, 0.4) is 0 Å². The van der Waals surface area contributed by atoms with Crippen LogP contribution in [-0.4, -0.2) is 18.4 Å². The number of nitrogens with two attached hydrogens (primary N) is 1. The van der Waals surface area contributed by atoms with Crippen LogP contribution in [0.5, 0.6) is 0 Å². The predicted molar refractivity (Wildman–Crippen MR) is 70.3 cm³/mol. The first-order valence-electron chi connectivity index (χ1n) is 4.67. The summed E-state index contributed by atoms with van der Waals surface area (Å²) in [5.74, 6) is 0.0830. The van der Waals surface area contributed by atoms with Crippen molar-refractivity contribution in [1.82, 2.24) is 9.97 Å². The zero-order valence-corrected chi connectivity index (χ0v) is 11.1. The molecule has 0 fully saturated rings. The van der Waals surface area contributed by atoms with Crippen LogP contribution in [0, 0.1) is 0 Å². The van der Waals surface area contributed by atoms with Gasteiger partial charge in [0.2, 0.25) is 5.95 Å². The Morgan fingerprint density at radius 1 is 1.33 bits per heavy atom. The number of hydrogen-bond donors (Lipinski definition) is 3. The van der Waals surface area contributed by atoms with E-state index in [-0.39, 0.29) is 26.6 Å². The molecule has 2 rings (SSSR count). The number of aromatic nitrogens is 2. The maximum absolute atomic E-state index is 12.0. The number of nitrogens with zero attached hydrogens (tertiary/aromatic N) is 1. The van der Waals surface area contributed by atoms with E-state index in [1.807, 2.05) is 0 Å². The number of benzene rings is 1. The molecular formula is C9H8Cl2N4O2S. The highest BCUT2D eigenvalue weighted by Gasteiger charge is 2.21. The fourth-order valence-electron chi connectivity index (χ4n) is 1.26. The SMILES string of the molecule is Nc1c(Cl)ccc(S(=O)(=O)Nc2ncc[nH]2)c1Cl. The van der Waals surface area contributed by atoms with Crippen LogP contribution < -0.4 is 10.5 Å². The zero-order chi connectivity index (χ0) is 13.3. The molecule has 0 aliphatic rings. The molecule has 18 heavy (non-hydrogen) atoms. The molecule has 0 aliphatic heterocycles. The van der Waals surface area contributed by atoms with Gasteiger partial charge in [0.1, 0.15) is 4.90 Å². The Kier molecular flexibility index (Phi) is 3.38. The summed E-state index contributed by atoms with van der Waals surface area (Å²) >= 11 is 11.6. The van der Waals surface area contributed by atoms with Crippen LogP contribution in [0.25, 0.3) is 0 Å². The first-order valence-corrected chi connectivity index (χ1v) is 6.91. The number of halogens is 2. The summed E-state index contributed by atoms with van der Waals surface area (Å²) in [6, 6.07) is 2.63. The molecule has 0 saturated heterocycles. The minimum Gasteiger partial charge on any atom is -0.396 e. The van der Waals surface area contributed by atoms with Crippen molar-refractivity contribution in [3.8, 4) is 0 Å². The lowest BCUT2D eigenvalue weighted by molar-refractivity contribution is 0.601. The van der Waals surface area contributed by atoms with Gasteiger partial charge >= 0.3 is 0 Å². The summed E-state index contributed by atoms with van der Waals surface area (Å²) in [7, 11) is -3.87. The van der Waals surface area contributed by atoms with Crippen molar-refractivity contribution in [2.75, 3.05) is 10.5 Å². The van der Waals surface area contributed by atoms with E-state index in [1.54, 1.807) is 0 Å². The van der Waals surface area contributed by atoms with E-state index in [0.717, 1.165) is 0 Å². The van der Waals surface area contributed by atoms with E-state index in [9.17, 15) is 8.42 Å². The van der Waals surface area contributed by atoms with Gasteiger partial charge in [-0.05, 0) is 12.1 Å². The summed E-state index contributed by atoms with van der Waals surface area (Å²) in [5.41, 5.74) is 5.59. The van der Waals surface area contributed by atoms with E-state index >= 15 is 0 Å². The molecule has 1 aromatic carbocycles. The van der Waals surface area contributed by atoms with E-state index in [1.165, 1.54) is 24.5 Å². The molecular weight excluding hydrogens is 299 g/mol. The van der Waals surface area contributed by atoms with Crippen LogP contribution in [0.15, 0.2) is 29.4 Å². The summed E-state index contributed by atoms with van der Waals surface area (Å²) in [4.78, 5) is 6.19. The molecule has 1 heterocycles. The quantitative estimate of drug-likeness (QED) is 0.756. The van der Waals surface area contributed by atoms with Gasteiger partial charge in [-0.2, -0.15) is 0 Å². The third-order valence-corrected chi connectivity index (χ3v) is 4.34. The molecule has 2 aromatic rings. The third-order valence-electron chi connectivity index (χ3n) is 2.11. The topological polar surface area (TPSA) is 101 Å². The summed E-state index contributed by atoms with van der Waals surface area (Å²) in [6.45, 7) is 0. The van der Waals surface area contributed by atoms with Crippen LogP contribution in [0.4, 0.5) is 11.6 Å². The number of rotatable bonds is 3. The standard InChI is InChI=1S/C9H8Cl2N4O2S/c10-5-1-2-6(7(11)8(5)12)18(16,17)15-9-13-3-4-14-9/h1-4H,12H2,(H2,13,14,15). The molecule has 6 nitrogen and oxygen atoms in total. The average molecular weight is 307 g/mol. The van der Waals surface area contributed by atoms with Crippen molar-refractivity contribution in [1.29, 1.82) is 0 Å². The number of imidazole rings is 1. The third kappa shape index (κ3) is 2.38. The number of hydrogen-bond acceptors (Lipinski definition) is 4. The Morgan fingerprint density at radius 2 is 2.06 bits per heavy atom. The summed E-state index contributed by atoms with van der Waals surface area (Å²) in [5, 5.41) is 0.0681. The number of nitrogens with one attached hydrogen (secondary N) is 2. The van der Waals surface area contributed by atoms with Gasteiger partial charge in [0.05, 0.1) is 15.7 Å². The Bertz CT molecular complexity index is 670. The predicted octanol–water partition coefficient (Wildman–Crippen LogP) is 2.10. The van der Waals surface area contributed by atoms with Gasteiger partial charge in [0.15, 0.2) is 0 Å². The molecule has 0 spiro atoms. The van der Waals surface area contributed by atoms with E-state index in [2.05, 4.69) is 14.7 Å². The van der Waals surface area contributed by atoms with Crippen LogP contribution in [-0.2, 0) is 10.0 Å². The molecule has 0 saturated carbocycles. The van der Waals surface area contributed by atoms with Crippen molar-refractivity contribution in [3.63, 3.8) is 0 Å². The molecule has 0 bridgehead atoms. The Balaban J connectivity index is 2.45. The minimum absolute atomic E-state index is 0.0145. The molecule has 0 atom stereocenters. The lowest BCUT2D eigenvalue weighted by Gasteiger charge is -2.09. The number of anilines is 2. The maximum atomic E-state index is 12.0. The monoisotopic (exact) mass is 306 g/mol. The Labute approximate surface area is 113 Å².